The fourth-order valence-electron chi connectivity index (χ4n) is 2.36. The van der Waals surface area contributed by atoms with Crippen LogP contribution in [0.5, 0.6) is 0 Å². The summed E-state index contributed by atoms with van der Waals surface area (Å²) in [6.07, 6.45) is 4.94. The van der Waals surface area contributed by atoms with Gasteiger partial charge in [0.05, 0.1) is 12.2 Å². The summed E-state index contributed by atoms with van der Waals surface area (Å²) >= 11 is 0. The fraction of sp³-hybridized carbons (Fsp3) is 1.00. The van der Waals surface area contributed by atoms with E-state index in [1.54, 1.807) is 0 Å². The van der Waals surface area contributed by atoms with E-state index < -0.39 is 0 Å². The Bertz CT molecular complexity index is 173. The third kappa shape index (κ3) is 2.05. The predicted molar refractivity (Wildman–Crippen MR) is 53.8 cm³/mol. The van der Waals surface area contributed by atoms with Crippen LogP contribution in [-0.4, -0.2) is 35.7 Å². The molecule has 2 aliphatic heterocycles. The van der Waals surface area contributed by atoms with E-state index in [0.29, 0.717) is 17.7 Å². The van der Waals surface area contributed by atoms with Gasteiger partial charge < -0.3 is 4.74 Å². The third-order valence-electron chi connectivity index (χ3n) is 3.23. The van der Waals surface area contributed by atoms with E-state index in [0.717, 1.165) is 13.1 Å². The molecule has 0 aliphatic carbocycles. The number of hydrogen-bond acceptors (Lipinski definition) is 2. The number of rotatable bonds is 0. The van der Waals surface area contributed by atoms with Crippen molar-refractivity contribution in [2.24, 2.45) is 0 Å². The van der Waals surface area contributed by atoms with Crippen LogP contribution in [0.2, 0.25) is 0 Å². The Morgan fingerprint density at radius 3 is 2.08 bits per heavy atom. The van der Waals surface area contributed by atoms with Crippen molar-refractivity contribution in [3.63, 3.8) is 0 Å². The Balaban J connectivity index is 2.01. The van der Waals surface area contributed by atoms with Crippen LogP contribution >= 0.6 is 0 Å². The molecule has 2 aliphatic rings. The molecule has 2 rings (SSSR count). The molecule has 2 nitrogen and oxygen atoms in total. The van der Waals surface area contributed by atoms with Gasteiger partial charge in [-0.25, -0.2) is 0 Å². The van der Waals surface area contributed by atoms with Gasteiger partial charge in [0.15, 0.2) is 0 Å². The molecule has 2 fully saturated rings. The standard InChI is InChI=1S/C11H21NO/c1-11(2,3)12-7-9-5-4-6-10(8-12)13-9/h9-10H,4-8H2,1-3H3/t9-,10+. The number of hydrogen-bond donors (Lipinski definition) is 0. The summed E-state index contributed by atoms with van der Waals surface area (Å²) in [5.41, 5.74) is 0.317. The summed E-state index contributed by atoms with van der Waals surface area (Å²) in [6, 6.07) is 0. The second kappa shape index (κ2) is 3.25. The van der Waals surface area contributed by atoms with Gasteiger partial charge >= 0.3 is 0 Å². The SMILES string of the molecule is CC(C)(C)N1C[C@H]2CCC[C@@H](C1)O2. The monoisotopic (exact) mass is 183 g/mol. The molecule has 0 spiro atoms. The van der Waals surface area contributed by atoms with E-state index in [2.05, 4.69) is 25.7 Å². The van der Waals surface area contributed by atoms with Crippen molar-refractivity contribution >= 4 is 0 Å². The van der Waals surface area contributed by atoms with Crippen LogP contribution in [0.15, 0.2) is 0 Å². The van der Waals surface area contributed by atoms with Gasteiger partial charge in [0, 0.05) is 18.6 Å². The zero-order valence-corrected chi connectivity index (χ0v) is 9.05. The Labute approximate surface area is 81.3 Å². The molecule has 0 amide bonds. The first kappa shape index (κ1) is 9.47. The van der Waals surface area contributed by atoms with Gasteiger partial charge in [0.2, 0.25) is 0 Å². The molecule has 0 radical (unpaired) electrons. The number of ether oxygens (including phenoxy) is 1. The molecule has 2 saturated heterocycles. The number of fused-ring (bicyclic) bond motifs is 2. The van der Waals surface area contributed by atoms with E-state index in [1.807, 2.05) is 0 Å². The quantitative estimate of drug-likeness (QED) is 0.570. The van der Waals surface area contributed by atoms with Crippen molar-refractivity contribution < 1.29 is 4.74 Å². The Morgan fingerprint density at radius 2 is 1.62 bits per heavy atom. The average Bonchev–Trinajstić information content (AvgIpc) is 2.01. The maximum atomic E-state index is 5.91. The lowest BCUT2D eigenvalue weighted by Crippen LogP contribution is -2.56. The topological polar surface area (TPSA) is 12.5 Å². The summed E-state index contributed by atoms with van der Waals surface area (Å²) < 4.78 is 5.91. The van der Waals surface area contributed by atoms with Crippen molar-refractivity contribution in [2.45, 2.75) is 57.8 Å². The average molecular weight is 183 g/mol. The van der Waals surface area contributed by atoms with Crippen molar-refractivity contribution in [2.75, 3.05) is 13.1 Å². The van der Waals surface area contributed by atoms with Crippen LogP contribution in [-0.2, 0) is 4.74 Å². The molecular formula is C11H21NO. The minimum absolute atomic E-state index is 0.317. The molecule has 0 aromatic carbocycles. The minimum atomic E-state index is 0.317. The van der Waals surface area contributed by atoms with Crippen LogP contribution < -0.4 is 0 Å². The first-order chi connectivity index (χ1) is 6.05. The van der Waals surface area contributed by atoms with Crippen LogP contribution in [0.3, 0.4) is 0 Å². The minimum Gasteiger partial charge on any atom is -0.372 e. The Morgan fingerprint density at radius 1 is 1.08 bits per heavy atom. The smallest absolute Gasteiger partial charge is 0.0706 e. The lowest BCUT2D eigenvalue weighted by molar-refractivity contribution is -0.132. The molecule has 13 heavy (non-hydrogen) atoms. The molecule has 0 aromatic heterocycles. The van der Waals surface area contributed by atoms with Crippen molar-refractivity contribution in [1.29, 1.82) is 0 Å². The molecule has 0 unspecified atom stereocenters. The lowest BCUT2D eigenvalue weighted by atomic mass is 9.95. The molecule has 2 heteroatoms. The first-order valence-electron chi connectivity index (χ1n) is 5.46. The molecule has 76 valence electrons. The number of nitrogens with zero attached hydrogens (tertiary/aromatic N) is 1. The maximum absolute atomic E-state index is 5.91. The normalized spacial score (nSPS) is 36.2. The van der Waals surface area contributed by atoms with Crippen LogP contribution in [0.4, 0.5) is 0 Å². The zero-order valence-electron chi connectivity index (χ0n) is 9.05. The fourth-order valence-corrected chi connectivity index (χ4v) is 2.36. The van der Waals surface area contributed by atoms with Crippen LogP contribution in [0, 0.1) is 0 Å². The van der Waals surface area contributed by atoms with Crippen molar-refractivity contribution in [3.8, 4) is 0 Å². The second-order valence-electron chi connectivity index (χ2n) is 5.39. The summed E-state index contributed by atoms with van der Waals surface area (Å²) in [5.74, 6) is 0. The highest BCUT2D eigenvalue weighted by molar-refractivity contribution is 4.88. The molecule has 2 heterocycles. The molecule has 0 N–H and O–H groups in total. The third-order valence-corrected chi connectivity index (χ3v) is 3.23. The Kier molecular flexibility index (Phi) is 2.37. The van der Waals surface area contributed by atoms with Gasteiger partial charge in [-0.2, -0.15) is 0 Å². The highest BCUT2D eigenvalue weighted by Crippen LogP contribution is 2.28. The van der Waals surface area contributed by atoms with E-state index in [9.17, 15) is 0 Å². The van der Waals surface area contributed by atoms with E-state index >= 15 is 0 Å². The molecule has 2 bridgehead atoms. The number of morpholine rings is 1. The zero-order chi connectivity index (χ0) is 9.47. The number of likely N-dealkylation sites (tertiary alicyclic amines) is 1. The highest BCUT2D eigenvalue weighted by atomic mass is 16.5. The van der Waals surface area contributed by atoms with Gasteiger partial charge in [0.25, 0.3) is 0 Å². The largest absolute Gasteiger partial charge is 0.372 e. The van der Waals surface area contributed by atoms with Gasteiger partial charge in [0.1, 0.15) is 0 Å². The molecule has 2 atom stereocenters. The van der Waals surface area contributed by atoms with Gasteiger partial charge in [-0.15, -0.1) is 0 Å². The van der Waals surface area contributed by atoms with E-state index in [4.69, 9.17) is 4.74 Å². The van der Waals surface area contributed by atoms with Gasteiger partial charge in [-0.1, -0.05) is 0 Å². The van der Waals surface area contributed by atoms with E-state index in [-0.39, 0.29) is 0 Å². The first-order valence-corrected chi connectivity index (χ1v) is 5.46. The van der Waals surface area contributed by atoms with E-state index in [1.165, 1.54) is 19.3 Å². The summed E-state index contributed by atoms with van der Waals surface area (Å²) in [7, 11) is 0. The Hall–Kier alpha value is -0.0800. The summed E-state index contributed by atoms with van der Waals surface area (Å²) in [6.45, 7) is 9.18. The predicted octanol–water partition coefficient (Wildman–Crippen LogP) is 2.04. The summed E-state index contributed by atoms with van der Waals surface area (Å²) in [4.78, 5) is 2.57. The molecule has 0 aromatic rings. The second-order valence-corrected chi connectivity index (χ2v) is 5.39. The van der Waals surface area contributed by atoms with Gasteiger partial charge in [-0.05, 0) is 40.0 Å². The van der Waals surface area contributed by atoms with Crippen LogP contribution in [0.25, 0.3) is 0 Å². The van der Waals surface area contributed by atoms with Crippen molar-refractivity contribution in [1.82, 2.24) is 4.90 Å². The lowest BCUT2D eigenvalue weighted by Gasteiger charge is -2.47. The molecular weight excluding hydrogens is 162 g/mol. The van der Waals surface area contributed by atoms with Crippen molar-refractivity contribution in [3.05, 3.63) is 0 Å². The maximum Gasteiger partial charge on any atom is 0.0706 e. The highest BCUT2D eigenvalue weighted by Gasteiger charge is 2.35. The van der Waals surface area contributed by atoms with Gasteiger partial charge in [-0.3, -0.25) is 4.90 Å². The van der Waals surface area contributed by atoms with Crippen LogP contribution in [0.1, 0.15) is 40.0 Å². The summed E-state index contributed by atoms with van der Waals surface area (Å²) in [5, 5.41) is 0. The molecule has 0 saturated carbocycles.